The fraction of sp³-hybridized carbons (Fsp3) is 0.650. The van der Waals surface area contributed by atoms with Gasteiger partial charge in [0.15, 0.2) is 5.96 Å². The molecule has 1 saturated heterocycles. The van der Waals surface area contributed by atoms with Crippen molar-refractivity contribution in [2.45, 2.75) is 26.8 Å². The molecule has 1 aromatic carbocycles. The van der Waals surface area contributed by atoms with Crippen LogP contribution in [0.15, 0.2) is 23.2 Å². The third-order valence-electron chi connectivity index (χ3n) is 4.75. The molecule has 1 fully saturated rings. The average Bonchev–Trinajstić information content (AvgIpc) is 2.69. The Morgan fingerprint density at radius 1 is 1.19 bits per heavy atom. The molecule has 1 aromatic rings. The van der Waals surface area contributed by atoms with Gasteiger partial charge in [-0.25, -0.2) is 9.38 Å². The summed E-state index contributed by atoms with van der Waals surface area (Å²) in [7, 11) is 1.70. The molecule has 152 valence electrons. The van der Waals surface area contributed by atoms with E-state index in [0.717, 1.165) is 63.8 Å². The number of anilines is 1. The monoisotopic (exact) mass is 379 g/mol. The number of hydrogen-bond acceptors (Lipinski definition) is 4. The van der Waals surface area contributed by atoms with Crippen molar-refractivity contribution in [3.05, 3.63) is 29.6 Å². The first-order valence-corrected chi connectivity index (χ1v) is 9.94. The number of ether oxygens (including phenoxy) is 1. The van der Waals surface area contributed by atoms with Gasteiger partial charge in [-0.2, -0.15) is 0 Å². The third-order valence-corrected chi connectivity index (χ3v) is 4.75. The number of rotatable bonds is 9. The first-order chi connectivity index (χ1) is 13.2. The van der Waals surface area contributed by atoms with Crippen molar-refractivity contribution in [2.24, 2.45) is 4.99 Å². The molecule has 2 N–H and O–H groups in total. The SMILES string of the molecule is CCNC(=NCc1ccc(N2CCN(CC)CC2)c(F)c1)NCCCOC. The number of piperazine rings is 1. The maximum Gasteiger partial charge on any atom is 0.191 e. The van der Waals surface area contributed by atoms with Gasteiger partial charge < -0.3 is 25.2 Å². The van der Waals surface area contributed by atoms with Crippen LogP contribution in [-0.4, -0.2) is 70.4 Å². The van der Waals surface area contributed by atoms with Crippen LogP contribution in [0.25, 0.3) is 0 Å². The largest absolute Gasteiger partial charge is 0.385 e. The standard InChI is InChI=1S/C20H34FN5O/c1-4-22-20(23-9-6-14-27-3)24-16-17-7-8-19(18(21)15-17)26-12-10-25(5-2)11-13-26/h7-8,15H,4-6,9-14,16H2,1-3H3,(H2,22,23,24). The summed E-state index contributed by atoms with van der Waals surface area (Å²) in [5.41, 5.74) is 1.57. The van der Waals surface area contributed by atoms with Gasteiger partial charge in [0.25, 0.3) is 0 Å². The number of guanidine groups is 1. The first kappa shape index (κ1) is 21.4. The number of methoxy groups -OCH3 is 1. The molecular formula is C20H34FN5O. The predicted octanol–water partition coefficient (Wildman–Crippen LogP) is 2.06. The van der Waals surface area contributed by atoms with Gasteiger partial charge in [0.2, 0.25) is 0 Å². The maximum absolute atomic E-state index is 14.6. The molecule has 2 rings (SSSR count). The van der Waals surface area contributed by atoms with Crippen LogP contribution in [0.1, 0.15) is 25.8 Å². The molecule has 0 atom stereocenters. The van der Waals surface area contributed by atoms with E-state index in [4.69, 9.17) is 4.74 Å². The Balaban J connectivity index is 1.93. The van der Waals surface area contributed by atoms with Gasteiger partial charge in [-0.3, -0.25) is 0 Å². The van der Waals surface area contributed by atoms with Crippen LogP contribution in [0.4, 0.5) is 10.1 Å². The lowest BCUT2D eigenvalue weighted by Gasteiger charge is -2.35. The molecule has 0 aromatic heterocycles. The van der Waals surface area contributed by atoms with Crippen molar-refractivity contribution in [3.8, 4) is 0 Å². The first-order valence-electron chi connectivity index (χ1n) is 9.94. The van der Waals surface area contributed by atoms with E-state index in [-0.39, 0.29) is 5.82 Å². The second kappa shape index (κ2) is 11.8. The molecule has 27 heavy (non-hydrogen) atoms. The summed E-state index contributed by atoms with van der Waals surface area (Å²) in [6, 6.07) is 5.48. The predicted molar refractivity (Wildman–Crippen MR) is 110 cm³/mol. The highest BCUT2D eigenvalue weighted by atomic mass is 19.1. The Morgan fingerprint density at radius 2 is 1.96 bits per heavy atom. The lowest BCUT2D eigenvalue weighted by Crippen LogP contribution is -2.46. The highest BCUT2D eigenvalue weighted by Gasteiger charge is 2.18. The van der Waals surface area contributed by atoms with E-state index in [1.807, 2.05) is 19.1 Å². The number of nitrogens with one attached hydrogen (secondary N) is 2. The van der Waals surface area contributed by atoms with Crippen LogP contribution in [0.5, 0.6) is 0 Å². The normalized spacial score (nSPS) is 15.9. The van der Waals surface area contributed by atoms with Gasteiger partial charge >= 0.3 is 0 Å². The van der Waals surface area contributed by atoms with Gasteiger partial charge in [-0.05, 0) is 37.6 Å². The molecule has 6 nitrogen and oxygen atoms in total. The molecule has 1 aliphatic heterocycles. The number of likely N-dealkylation sites (N-methyl/N-ethyl adjacent to an activating group) is 1. The number of nitrogens with zero attached hydrogens (tertiary/aromatic N) is 3. The Labute approximate surface area is 162 Å². The van der Waals surface area contributed by atoms with E-state index in [9.17, 15) is 4.39 Å². The minimum Gasteiger partial charge on any atom is -0.385 e. The van der Waals surface area contributed by atoms with Crippen LogP contribution < -0.4 is 15.5 Å². The summed E-state index contributed by atoms with van der Waals surface area (Å²) in [4.78, 5) is 9.08. The van der Waals surface area contributed by atoms with Crippen LogP contribution in [0, 0.1) is 5.82 Å². The van der Waals surface area contributed by atoms with Crippen molar-refractivity contribution < 1.29 is 9.13 Å². The third kappa shape index (κ3) is 6.99. The fourth-order valence-corrected chi connectivity index (χ4v) is 3.15. The second-order valence-electron chi connectivity index (χ2n) is 6.68. The van der Waals surface area contributed by atoms with E-state index in [0.29, 0.717) is 18.8 Å². The summed E-state index contributed by atoms with van der Waals surface area (Å²) in [5.74, 6) is 0.583. The number of hydrogen-bond donors (Lipinski definition) is 2. The van der Waals surface area contributed by atoms with Gasteiger partial charge in [-0.15, -0.1) is 0 Å². The highest BCUT2D eigenvalue weighted by Crippen LogP contribution is 2.22. The summed E-state index contributed by atoms with van der Waals surface area (Å²) in [5, 5.41) is 6.47. The zero-order valence-corrected chi connectivity index (χ0v) is 16.9. The van der Waals surface area contributed by atoms with Gasteiger partial charge in [0.05, 0.1) is 12.2 Å². The maximum atomic E-state index is 14.6. The molecule has 0 spiro atoms. The Morgan fingerprint density at radius 3 is 2.59 bits per heavy atom. The topological polar surface area (TPSA) is 52.1 Å². The van der Waals surface area contributed by atoms with Crippen LogP contribution in [-0.2, 0) is 11.3 Å². The fourth-order valence-electron chi connectivity index (χ4n) is 3.15. The summed E-state index contributed by atoms with van der Waals surface area (Å²) >= 11 is 0. The molecule has 0 radical (unpaired) electrons. The van der Waals surface area contributed by atoms with Gasteiger partial charge in [0, 0.05) is 53.0 Å². The molecular weight excluding hydrogens is 345 g/mol. The van der Waals surface area contributed by atoms with Gasteiger partial charge in [-0.1, -0.05) is 13.0 Å². The Bertz CT molecular complexity index is 588. The number of benzene rings is 1. The molecule has 0 unspecified atom stereocenters. The van der Waals surface area contributed by atoms with E-state index in [2.05, 4.69) is 32.3 Å². The minimum atomic E-state index is -0.161. The highest BCUT2D eigenvalue weighted by molar-refractivity contribution is 5.79. The summed E-state index contributed by atoms with van der Waals surface area (Å²) in [6.07, 6.45) is 0.912. The quantitative estimate of drug-likeness (QED) is 0.391. The van der Waals surface area contributed by atoms with Crippen molar-refractivity contribution in [2.75, 3.05) is 64.4 Å². The van der Waals surface area contributed by atoms with Crippen LogP contribution in [0.3, 0.4) is 0 Å². The number of halogens is 1. The average molecular weight is 380 g/mol. The van der Waals surface area contributed by atoms with Crippen molar-refractivity contribution >= 4 is 11.6 Å². The van der Waals surface area contributed by atoms with E-state index in [1.165, 1.54) is 0 Å². The molecule has 7 heteroatoms. The second-order valence-corrected chi connectivity index (χ2v) is 6.68. The van der Waals surface area contributed by atoms with Crippen molar-refractivity contribution in [1.29, 1.82) is 0 Å². The zero-order valence-electron chi connectivity index (χ0n) is 16.9. The van der Waals surface area contributed by atoms with Crippen LogP contribution in [0.2, 0.25) is 0 Å². The molecule has 0 saturated carbocycles. The Hall–Kier alpha value is -1.86. The van der Waals surface area contributed by atoms with Crippen molar-refractivity contribution in [3.63, 3.8) is 0 Å². The summed E-state index contributed by atoms with van der Waals surface area (Å²) in [6.45, 7) is 11.7. The smallest absolute Gasteiger partial charge is 0.191 e. The lowest BCUT2D eigenvalue weighted by molar-refractivity contribution is 0.195. The van der Waals surface area contributed by atoms with Crippen LogP contribution >= 0.6 is 0 Å². The van der Waals surface area contributed by atoms with Gasteiger partial charge in [0.1, 0.15) is 5.82 Å². The zero-order chi connectivity index (χ0) is 19.5. The molecule has 1 aliphatic rings. The van der Waals surface area contributed by atoms with E-state index < -0.39 is 0 Å². The van der Waals surface area contributed by atoms with E-state index in [1.54, 1.807) is 13.2 Å². The number of aliphatic imine (C=N–C) groups is 1. The van der Waals surface area contributed by atoms with E-state index >= 15 is 0 Å². The molecule has 0 aliphatic carbocycles. The lowest BCUT2D eigenvalue weighted by atomic mass is 10.1. The minimum absolute atomic E-state index is 0.161. The van der Waals surface area contributed by atoms with Crippen molar-refractivity contribution in [1.82, 2.24) is 15.5 Å². The molecule has 0 bridgehead atoms. The molecule has 1 heterocycles. The Kier molecular flexibility index (Phi) is 9.35. The molecule has 0 amide bonds. The summed E-state index contributed by atoms with van der Waals surface area (Å²) < 4.78 is 19.7.